The summed E-state index contributed by atoms with van der Waals surface area (Å²) in [6.45, 7) is 10.6. The van der Waals surface area contributed by atoms with Crippen LogP contribution in [0.1, 0.15) is 33.1 Å². The van der Waals surface area contributed by atoms with Gasteiger partial charge < -0.3 is 13.9 Å². The molecule has 0 radical (unpaired) electrons. The molecule has 0 saturated carbocycles. The van der Waals surface area contributed by atoms with E-state index in [0.29, 0.717) is 46.5 Å². The largest absolute Gasteiger partial charge is 0.462 e. The van der Waals surface area contributed by atoms with E-state index < -0.39 is 11.6 Å². The van der Waals surface area contributed by atoms with E-state index in [1.165, 1.54) is 0 Å². The first-order valence-electron chi connectivity index (χ1n) is 10.4. The number of fused-ring (bicyclic) bond motifs is 1. The van der Waals surface area contributed by atoms with E-state index in [1.807, 2.05) is 12.1 Å². The summed E-state index contributed by atoms with van der Waals surface area (Å²) in [7, 11) is 0. The second kappa shape index (κ2) is 10.1. The highest BCUT2D eigenvalue weighted by molar-refractivity contribution is 5.88. The zero-order valence-corrected chi connectivity index (χ0v) is 18.3. The van der Waals surface area contributed by atoms with Crippen molar-refractivity contribution in [3.05, 3.63) is 75.7 Å². The molecule has 1 unspecified atom stereocenters. The summed E-state index contributed by atoms with van der Waals surface area (Å²) in [5, 5.41) is 0.863. The molecule has 0 aliphatic heterocycles. The van der Waals surface area contributed by atoms with Crippen LogP contribution < -0.4 is 21.0 Å². The van der Waals surface area contributed by atoms with Crippen LogP contribution in [0.25, 0.3) is 23.3 Å². The van der Waals surface area contributed by atoms with Crippen molar-refractivity contribution in [2.45, 2.75) is 33.1 Å². The molecule has 6 heteroatoms. The molecule has 6 nitrogen and oxygen atoms in total. The molecule has 0 N–H and O–H groups in total. The fourth-order valence-corrected chi connectivity index (χ4v) is 3.28. The molecule has 1 aliphatic rings. The Bertz CT molecular complexity index is 1230. The number of rotatable bonds is 8. The van der Waals surface area contributed by atoms with Crippen molar-refractivity contribution < 1.29 is 23.5 Å². The topological polar surface area (TPSA) is 82.8 Å². The Morgan fingerprint density at radius 2 is 1.78 bits per heavy atom. The summed E-state index contributed by atoms with van der Waals surface area (Å²) >= 11 is 0. The van der Waals surface area contributed by atoms with Crippen molar-refractivity contribution in [3.63, 3.8) is 0 Å². The van der Waals surface area contributed by atoms with Gasteiger partial charge in [0.15, 0.2) is 0 Å². The van der Waals surface area contributed by atoms with E-state index in [-0.39, 0.29) is 11.9 Å². The maximum atomic E-state index is 12.6. The Balaban J connectivity index is 1.70. The summed E-state index contributed by atoms with van der Waals surface area (Å²) < 4.78 is 15.9. The van der Waals surface area contributed by atoms with Crippen molar-refractivity contribution in [2.75, 3.05) is 6.61 Å². The van der Waals surface area contributed by atoms with Crippen LogP contribution in [0.2, 0.25) is 0 Å². The normalized spacial score (nSPS) is 14.4. The third kappa shape index (κ3) is 5.72. The highest BCUT2D eigenvalue weighted by Gasteiger charge is 2.13. The molecule has 3 rings (SSSR count). The van der Waals surface area contributed by atoms with Crippen LogP contribution in [-0.2, 0) is 14.3 Å². The molecule has 0 amide bonds. The molecular weight excluding hydrogens is 408 g/mol. The minimum atomic E-state index is -0.500. The first kappa shape index (κ1) is 23.0. The van der Waals surface area contributed by atoms with Crippen molar-refractivity contribution in [3.8, 4) is 16.9 Å². The third-order valence-electron chi connectivity index (χ3n) is 5.06. The zero-order chi connectivity index (χ0) is 23.3. The van der Waals surface area contributed by atoms with Gasteiger partial charge in [0, 0.05) is 16.4 Å². The summed E-state index contributed by atoms with van der Waals surface area (Å²) in [5.41, 5.74) is 1.93. The Morgan fingerprint density at radius 1 is 1.09 bits per heavy atom. The van der Waals surface area contributed by atoms with Crippen LogP contribution in [0.15, 0.2) is 63.8 Å². The van der Waals surface area contributed by atoms with E-state index in [0.717, 1.165) is 18.1 Å². The van der Waals surface area contributed by atoms with Gasteiger partial charge in [-0.2, -0.15) is 0 Å². The van der Waals surface area contributed by atoms with Crippen LogP contribution in [-0.4, -0.2) is 18.5 Å². The second-order valence-electron chi connectivity index (χ2n) is 7.89. The fraction of sp³-hybridized carbons (Fsp3) is 0.269. The predicted molar refractivity (Wildman–Crippen MR) is 122 cm³/mol. The van der Waals surface area contributed by atoms with Gasteiger partial charge in [0.25, 0.3) is 0 Å². The van der Waals surface area contributed by atoms with Crippen molar-refractivity contribution in [1.29, 1.82) is 0 Å². The predicted octanol–water partition coefficient (Wildman–Crippen LogP) is 3.27. The molecule has 1 aliphatic carbocycles. The van der Waals surface area contributed by atoms with Crippen LogP contribution in [0, 0.1) is 5.92 Å². The lowest BCUT2D eigenvalue weighted by atomic mass is 9.94. The van der Waals surface area contributed by atoms with Gasteiger partial charge in [-0.05, 0) is 68.9 Å². The monoisotopic (exact) mass is 434 g/mol. The number of esters is 2. The lowest BCUT2D eigenvalue weighted by Gasteiger charge is -2.13. The molecule has 0 saturated heterocycles. The van der Waals surface area contributed by atoms with E-state index in [2.05, 4.69) is 19.2 Å². The lowest BCUT2D eigenvalue weighted by Crippen LogP contribution is -2.33. The Hall–Kier alpha value is -3.67. The summed E-state index contributed by atoms with van der Waals surface area (Å²) in [6, 6.07) is 8.49. The summed E-state index contributed by atoms with van der Waals surface area (Å²) in [5.74, 6) is -0.294. The molecule has 1 aromatic heterocycles. The standard InChI is InChI=1S/C26H26O6/c1-16(2)24(27)30-13-5-6-18-7-8-20-15-22(26(29)32-23(20)14-18)19-9-11-21(12-10-19)31-25(28)17(3)4/h8-12,14-15,18H,1,3,5-7,13H2,2,4H3. The molecule has 0 fully saturated rings. The smallest absolute Gasteiger partial charge is 0.344 e. The second-order valence-corrected chi connectivity index (χ2v) is 7.89. The fourth-order valence-electron chi connectivity index (χ4n) is 3.28. The van der Waals surface area contributed by atoms with Crippen molar-refractivity contribution in [2.24, 2.45) is 5.92 Å². The number of hydrogen-bond acceptors (Lipinski definition) is 6. The van der Waals surface area contributed by atoms with E-state index >= 15 is 0 Å². The van der Waals surface area contributed by atoms with Gasteiger partial charge in [-0.25, -0.2) is 14.4 Å². The van der Waals surface area contributed by atoms with Crippen molar-refractivity contribution in [1.82, 2.24) is 0 Å². The average Bonchev–Trinajstić information content (AvgIpc) is 2.76. The zero-order valence-electron chi connectivity index (χ0n) is 18.3. The number of carbonyl (C=O) groups excluding carboxylic acids is 2. The SMILES string of the molecule is C=C(C)C(=O)OCCCC1C=c2oc(=O)c(-c3ccc(OC(=O)C(=C)C)cc3)cc2=CC1. The number of carbonyl (C=O) groups is 2. The number of ether oxygens (including phenoxy) is 2. The molecule has 0 spiro atoms. The van der Waals surface area contributed by atoms with Gasteiger partial charge in [0.1, 0.15) is 11.2 Å². The quantitative estimate of drug-likeness (QED) is 0.275. The Morgan fingerprint density at radius 3 is 2.44 bits per heavy atom. The van der Waals surface area contributed by atoms with Gasteiger partial charge >= 0.3 is 17.6 Å². The summed E-state index contributed by atoms with van der Waals surface area (Å²) in [6.07, 6.45) is 6.35. The van der Waals surface area contributed by atoms with E-state index in [9.17, 15) is 14.4 Å². The number of benzene rings is 1. The molecule has 1 aromatic carbocycles. The van der Waals surface area contributed by atoms with E-state index in [1.54, 1.807) is 38.1 Å². The first-order valence-corrected chi connectivity index (χ1v) is 10.4. The molecule has 1 atom stereocenters. The van der Waals surface area contributed by atoms with Crippen LogP contribution >= 0.6 is 0 Å². The average molecular weight is 434 g/mol. The highest BCUT2D eigenvalue weighted by atomic mass is 16.5. The van der Waals surface area contributed by atoms with Gasteiger partial charge in [-0.15, -0.1) is 0 Å². The molecule has 32 heavy (non-hydrogen) atoms. The summed E-state index contributed by atoms with van der Waals surface area (Å²) in [4.78, 5) is 35.6. The molecule has 1 heterocycles. The maximum absolute atomic E-state index is 12.6. The number of hydrogen-bond donors (Lipinski definition) is 0. The third-order valence-corrected chi connectivity index (χ3v) is 5.06. The van der Waals surface area contributed by atoms with Gasteiger partial charge in [0.2, 0.25) is 0 Å². The minimum Gasteiger partial charge on any atom is -0.462 e. The highest BCUT2D eigenvalue weighted by Crippen LogP contribution is 2.20. The minimum absolute atomic E-state index is 0.210. The van der Waals surface area contributed by atoms with E-state index in [4.69, 9.17) is 13.9 Å². The Labute approximate surface area is 186 Å². The molecule has 166 valence electrons. The van der Waals surface area contributed by atoms with Crippen molar-refractivity contribution >= 4 is 24.1 Å². The Kier molecular flexibility index (Phi) is 7.25. The maximum Gasteiger partial charge on any atom is 0.344 e. The molecule has 0 bridgehead atoms. The van der Waals surface area contributed by atoms with Gasteiger partial charge in [0.05, 0.1) is 12.2 Å². The first-order chi connectivity index (χ1) is 15.2. The van der Waals surface area contributed by atoms with Crippen LogP contribution in [0.5, 0.6) is 5.75 Å². The van der Waals surface area contributed by atoms with Crippen LogP contribution in [0.4, 0.5) is 0 Å². The lowest BCUT2D eigenvalue weighted by molar-refractivity contribution is -0.139. The molecule has 2 aromatic rings. The van der Waals surface area contributed by atoms with Gasteiger partial charge in [-0.3, -0.25) is 0 Å². The molecular formula is C26H26O6. The van der Waals surface area contributed by atoms with Gasteiger partial charge in [-0.1, -0.05) is 31.4 Å². The van der Waals surface area contributed by atoms with Crippen LogP contribution in [0.3, 0.4) is 0 Å².